The van der Waals surface area contributed by atoms with Crippen molar-refractivity contribution < 1.29 is 19.1 Å². The molecule has 0 bridgehead atoms. The number of ether oxygens (including phenoxy) is 2. The number of hydrogen-bond acceptors (Lipinski definition) is 4. The van der Waals surface area contributed by atoms with E-state index in [0.717, 1.165) is 5.56 Å². The van der Waals surface area contributed by atoms with Crippen LogP contribution in [0.15, 0.2) is 42.5 Å². The molecule has 2 amide bonds. The van der Waals surface area contributed by atoms with Crippen LogP contribution in [0.4, 0.5) is 11.4 Å². The van der Waals surface area contributed by atoms with Crippen LogP contribution in [-0.4, -0.2) is 18.6 Å². The number of nitrogens with one attached hydrogen (secondary N) is 2. The number of hydrogen-bond donors (Lipinski definition) is 2. The molecule has 0 fully saturated rings. The highest BCUT2D eigenvalue weighted by Gasteiger charge is 2.36. The summed E-state index contributed by atoms with van der Waals surface area (Å²) >= 11 is 0. The molecular formula is C19H20N2O4. The van der Waals surface area contributed by atoms with Crippen molar-refractivity contribution in [3.63, 3.8) is 0 Å². The van der Waals surface area contributed by atoms with Gasteiger partial charge in [0.1, 0.15) is 5.41 Å². The molecule has 1 aliphatic rings. The Kier molecular flexibility index (Phi) is 4.35. The van der Waals surface area contributed by atoms with Crippen molar-refractivity contribution >= 4 is 23.2 Å². The first-order valence-electron chi connectivity index (χ1n) is 7.96. The summed E-state index contributed by atoms with van der Waals surface area (Å²) in [7, 11) is 0. The summed E-state index contributed by atoms with van der Waals surface area (Å²) in [6, 6.07) is 12.5. The Morgan fingerprint density at radius 2 is 1.64 bits per heavy atom. The maximum atomic E-state index is 12.6. The molecule has 25 heavy (non-hydrogen) atoms. The number of amides is 2. The summed E-state index contributed by atoms with van der Waals surface area (Å²) in [4.78, 5) is 25.2. The second kappa shape index (κ2) is 6.47. The number of aryl methyl sites for hydroxylation is 1. The van der Waals surface area contributed by atoms with E-state index in [0.29, 0.717) is 22.9 Å². The van der Waals surface area contributed by atoms with Crippen molar-refractivity contribution in [2.75, 3.05) is 17.4 Å². The van der Waals surface area contributed by atoms with Gasteiger partial charge in [0.2, 0.25) is 18.6 Å². The monoisotopic (exact) mass is 340 g/mol. The first kappa shape index (κ1) is 16.8. The topological polar surface area (TPSA) is 76.7 Å². The van der Waals surface area contributed by atoms with Gasteiger partial charge in [-0.25, -0.2) is 0 Å². The van der Waals surface area contributed by atoms with Gasteiger partial charge >= 0.3 is 0 Å². The first-order chi connectivity index (χ1) is 11.9. The van der Waals surface area contributed by atoms with E-state index in [-0.39, 0.29) is 12.7 Å². The fourth-order valence-corrected chi connectivity index (χ4v) is 2.36. The fourth-order valence-electron chi connectivity index (χ4n) is 2.36. The molecule has 1 aliphatic heterocycles. The highest BCUT2D eigenvalue weighted by Crippen LogP contribution is 2.34. The number of carbonyl (C=O) groups is 2. The zero-order chi connectivity index (χ0) is 18.0. The minimum absolute atomic E-state index is 0.164. The Bertz CT molecular complexity index is 830. The molecule has 0 saturated carbocycles. The lowest BCUT2D eigenvalue weighted by Crippen LogP contribution is -2.41. The summed E-state index contributed by atoms with van der Waals surface area (Å²) in [5.41, 5.74) is 0.920. The summed E-state index contributed by atoms with van der Waals surface area (Å²) in [6.45, 7) is 5.23. The van der Waals surface area contributed by atoms with Gasteiger partial charge < -0.3 is 20.1 Å². The van der Waals surface area contributed by atoms with E-state index in [9.17, 15) is 9.59 Å². The second-order valence-corrected chi connectivity index (χ2v) is 6.42. The Hall–Kier alpha value is -3.02. The number of para-hydroxylation sites is 1. The van der Waals surface area contributed by atoms with Gasteiger partial charge in [0.15, 0.2) is 11.5 Å². The molecule has 0 radical (unpaired) electrons. The van der Waals surface area contributed by atoms with Crippen LogP contribution in [0.25, 0.3) is 0 Å². The SMILES string of the molecule is Cc1ccccc1NC(=O)C(C)(C)C(=O)Nc1ccc2c(c1)OCO2. The largest absolute Gasteiger partial charge is 0.454 e. The molecule has 0 aromatic heterocycles. The molecule has 0 aliphatic carbocycles. The second-order valence-electron chi connectivity index (χ2n) is 6.42. The summed E-state index contributed by atoms with van der Waals surface area (Å²) in [5.74, 6) is 0.423. The molecule has 130 valence electrons. The van der Waals surface area contributed by atoms with Gasteiger partial charge in [-0.2, -0.15) is 0 Å². The molecule has 0 unspecified atom stereocenters. The minimum Gasteiger partial charge on any atom is -0.454 e. The van der Waals surface area contributed by atoms with Crippen LogP contribution in [0, 0.1) is 12.3 Å². The molecule has 0 atom stereocenters. The molecule has 2 aromatic carbocycles. The van der Waals surface area contributed by atoms with E-state index in [1.54, 1.807) is 38.1 Å². The van der Waals surface area contributed by atoms with Crippen LogP contribution < -0.4 is 20.1 Å². The highest BCUT2D eigenvalue weighted by atomic mass is 16.7. The van der Waals surface area contributed by atoms with Crippen molar-refractivity contribution in [2.45, 2.75) is 20.8 Å². The van der Waals surface area contributed by atoms with Crippen molar-refractivity contribution in [1.82, 2.24) is 0 Å². The molecule has 0 saturated heterocycles. The Balaban J connectivity index is 1.71. The number of benzene rings is 2. The maximum absolute atomic E-state index is 12.6. The number of anilines is 2. The average molecular weight is 340 g/mol. The zero-order valence-corrected chi connectivity index (χ0v) is 14.4. The third kappa shape index (κ3) is 3.42. The van der Waals surface area contributed by atoms with Crippen LogP contribution in [0.2, 0.25) is 0 Å². The normalized spacial score (nSPS) is 12.6. The summed E-state index contributed by atoms with van der Waals surface area (Å²) in [5, 5.41) is 5.57. The van der Waals surface area contributed by atoms with Gasteiger partial charge in [-0.15, -0.1) is 0 Å². The lowest BCUT2D eigenvalue weighted by molar-refractivity contribution is -0.135. The fraction of sp³-hybridized carbons (Fsp3) is 0.263. The van der Waals surface area contributed by atoms with Crippen LogP contribution in [-0.2, 0) is 9.59 Å². The van der Waals surface area contributed by atoms with E-state index in [1.807, 2.05) is 25.1 Å². The average Bonchev–Trinajstić information content (AvgIpc) is 3.04. The highest BCUT2D eigenvalue weighted by molar-refractivity contribution is 6.14. The summed E-state index contributed by atoms with van der Waals surface area (Å²) in [6.07, 6.45) is 0. The Morgan fingerprint density at radius 1 is 0.960 bits per heavy atom. The standard InChI is InChI=1S/C19H20N2O4/c1-12-6-4-5-7-14(12)21-18(23)19(2,3)17(22)20-13-8-9-15-16(10-13)25-11-24-15/h4-10H,11H2,1-3H3,(H,20,22)(H,21,23). The van der Waals surface area contributed by atoms with Crippen molar-refractivity contribution in [1.29, 1.82) is 0 Å². The lowest BCUT2D eigenvalue weighted by Gasteiger charge is -2.23. The van der Waals surface area contributed by atoms with Gasteiger partial charge in [0.05, 0.1) is 0 Å². The molecule has 0 spiro atoms. The zero-order valence-electron chi connectivity index (χ0n) is 14.4. The maximum Gasteiger partial charge on any atom is 0.239 e. The van der Waals surface area contributed by atoms with Gasteiger partial charge in [-0.1, -0.05) is 18.2 Å². The van der Waals surface area contributed by atoms with E-state index in [2.05, 4.69) is 10.6 Å². The number of carbonyl (C=O) groups excluding carboxylic acids is 2. The molecule has 6 nitrogen and oxygen atoms in total. The van der Waals surface area contributed by atoms with Crippen molar-refractivity contribution in [2.24, 2.45) is 5.41 Å². The van der Waals surface area contributed by atoms with E-state index >= 15 is 0 Å². The Morgan fingerprint density at radius 3 is 2.40 bits per heavy atom. The van der Waals surface area contributed by atoms with Crippen LogP contribution in [0.1, 0.15) is 19.4 Å². The molecule has 6 heteroatoms. The van der Waals surface area contributed by atoms with Gasteiger partial charge in [0, 0.05) is 17.4 Å². The first-order valence-corrected chi connectivity index (χ1v) is 7.96. The smallest absolute Gasteiger partial charge is 0.239 e. The van der Waals surface area contributed by atoms with E-state index in [4.69, 9.17) is 9.47 Å². The van der Waals surface area contributed by atoms with Gasteiger partial charge in [-0.3, -0.25) is 9.59 Å². The molecular weight excluding hydrogens is 320 g/mol. The van der Waals surface area contributed by atoms with Crippen molar-refractivity contribution in [3.8, 4) is 11.5 Å². The van der Waals surface area contributed by atoms with Crippen molar-refractivity contribution in [3.05, 3.63) is 48.0 Å². The lowest BCUT2D eigenvalue weighted by atomic mass is 9.90. The molecule has 2 aromatic rings. The van der Waals surface area contributed by atoms with Crippen LogP contribution in [0.5, 0.6) is 11.5 Å². The minimum atomic E-state index is -1.25. The summed E-state index contributed by atoms with van der Waals surface area (Å²) < 4.78 is 10.5. The predicted molar refractivity (Wildman–Crippen MR) is 94.8 cm³/mol. The molecule has 1 heterocycles. The third-order valence-corrected chi connectivity index (χ3v) is 4.16. The van der Waals surface area contributed by atoms with E-state index < -0.39 is 11.3 Å². The number of rotatable bonds is 4. The number of fused-ring (bicyclic) bond motifs is 1. The van der Waals surface area contributed by atoms with Crippen LogP contribution >= 0.6 is 0 Å². The van der Waals surface area contributed by atoms with Gasteiger partial charge in [-0.05, 0) is 44.5 Å². The third-order valence-electron chi connectivity index (χ3n) is 4.16. The van der Waals surface area contributed by atoms with Gasteiger partial charge in [0.25, 0.3) is 0 Å². The molecule has 2 N–H and O–H groups in total. The quantitative estimate of drug-likeness (QED) is 0.837. The van der Waals surface area contributed by atoms with Crippen LogP contribution in [0.3, 0.4) is 0 Å². The Labute approximate surface area is 146 Å². The molecule has 3 rings (SSSR count). The predicted octanol–water partition coefficient (Wildman–Crippen LogP) is 3.33. The van der Waals surface area contributed by atoms with E-state index in [1.165, 1.54) is 0 Å².